The van der Waals surface area contributed by atoms with E-state index >= 15 is 0 Å². The van der Waals surface area contributed by atoms with Crippen molar-refractivity contribution in [3.63, 3.8) is 0 Å². The van der Waals surface area contributed by atoms with E-state index in [9.17, 15) is 10.2 Å². The number of hydrogen-bond donors (Lipinski definition) is 2. The van der Waals surface area contributed by atoms with Crippen LogP contribution in [0.15, 0.2) is 0 Å². The van der Waals surface area contributed by atoms with Crippen LogP contribution in [0.3, 0.4) is 0 Å². The van der Waals surface area contributed by atoms with Gasteiger partial charge in [0.25, 0.3) is 0 Å². The second-order valence-electron chi connectivity index (χ2n) is 7.37. The molecule has 4 fully saturated rings. The molecule has 104 valence electrons. The summed E-state index contributed by atoms with van der Waals surface area (Å²) >= 11 is 0. The van der Waals surface area contributed by atoms with Gasteiger partial charge in [0.1, 0.15) is 0 Å². The van der Waals surface area contributed by atoms with Crippen LogP contribution in [0.4, 0.5) is 0 Å². The van der Waals surface area contributed by atoms with Crippen molar-refractivity contribution in [2.45, 2.75) is 57.9 Å². The Kier molecular flexibility index (Phi) is 2.15. The molecule has 19 heavy (non-hydrogen) atoms. The summed E-state index contributed by atoms with van der Waals surface area (Å²) in [7, 11) is 0. The maximum atomic E-state index is 10.5. The van der Waals surface area contributed by atoms with Crippen LogP contribution in [0, 0.1) is 31.6 Å². The molecule has 3 nitrogen and oxygen atoms in total. The van der Waals surface area contributed by atoms with Gasteiger partial charge in [-0.05, 0) is 70.1 Å². The lowest BCUT2D eigenvalue weighted by Gasteiger charge is -2.57. The molecule has 4 saturated carbocycles. The average Bonchev–Trinajstić information content (AvgIpc) is 2.52. The Balaban J connectivity index is 1.86. The third-order valence-electron chi connectivity index (χ3n) is 6.14. The summed E-state index contributed by atoms with van der Waals surface area (Å²) in [5, 5.41) is 20.9. The Labute approximate surface area is 114 Å². The minimum absolute atomic E-state index is 0.00192. The minimum atomic E-state index is 0.00192. The number of hydrogen-bond acceptors (Lipinski definition) is 2. The molecular formula is C16H23NO2. The van der Waals surface area contributed by atoms with Crippen molar-refractivity contribution in [2.75, 3.05) is 0 Å². The fraction of sp³-hybridized carbons (Fsp3) is 0.750. The third kappa shape index (κ3) is 1.39. The molecule has 0 amide bonds. The van der Waals surface area contributed by atoms with E-state index in [2.05, 4.69) is 0 Å². The van der Waals surface area contributed by atoms with Gasteiger partial charge in [-0.15, -0.1) is 0 Å². The van der Waals surface area contributed by atoms with Gasteiger partial charge in [0.2, 0.25) is 0 Å². The molecule has 1 aromatic heterocycles. The smallest absolute Gasteiger partial charge is 0.197 e. The highest BCUT2D eigenvalue weighted by molar-refractivity contribution is 5.45. The van der Waals surface area contributed by atoms with Crippen molar-refractivity contribution in [1.29, 1.82) is 0 Å². The molecule has 0 spiro atoms. The molecule has 5 rings (SSSR count). The number of nitrogens with zero attached hydrogens (tertiary/aromatic N) is 1. The van der Waals surface area contributed by atoms with E-state index in [0.717, 1.165) is 48.1 Å². The highest BCUT2D eigenvalue weighted by Gasteiger charge is 2.53. The van der Waals surface area contributed by atoms with Gasteiger partial charge in [0, 0.05) is 11.1 Å². The topological polar surface area (TPSA) is 45.4 Å². The summed E-state index contributed by atoms with van der Waals surface area (Å²) in [6.45, 7) is 3.81. The van der Waals surface area contributed by atoms with Gasteiger partial charge >= 0.3 is 0 Å². The Morgan fingerprint density at radius 1 is 0.842 bits per heavy atom. The van der Waals surface area contributed by atoms with Crippen molar-refractivity contribution in [3.05, 3.63) is 11.1 Å². The Morgan fingerprint density at radius 2 is 1.21 bits per heavy atom. The Hall–Kier alpha value is -1.12. The summed E-state index contributed by atoms with van der Waals surface area (Å²) in [4.78, 5) is 0. The van der Waals surface area contributed by atoms with E-state index in [0.29, 0.717) is 11.8 Å². The van der Waals surface area contributed by atoms with Gasteiger partial charge < -0.3 is 10.2 Å². The summed E-state index contributed by atoms with van der Waals surface area (Å²) in [6.07, 6.45) is 7.56. The van der Waals surface area contributed by atoms with Crippen LogP contribution in [0.2, 0.25) is 0 Å². The quantitative estimate of drug-likeness (QED) is 0.813. The van der Waals surface area contributed by atoms with Gasteiger partial charge in [-0.3, -0.25) is 4.57 Å². The first-order chi connectivity index (χ1) is 9.00. The van der Waals surface area contributed by atoms with E-state index in [-0.39, 0.29) is 5.54 Å². The molecule has 0 radical (unpaired) electrons. The van der Waals surface area contributed by atoms with Crippen molar-refractivity contribution in [2.24, 2.45) is 17.8 Å². The highest BCUT2D eigenvalue weighted by Crippen LogP contribution is 2.61. The summed E-state index contributed by atoms with van der Waals surface area (Å²) in [5.41, 5.74) is 1.68. The van der Waals surface area contributed by atoms with Crippen LogP contribution in [-0.2, 0) is 5.54 Å². The first-order valence-corrected chi connectivity index (χ1v) is 7.60. The normalized spacial score (nSPS) is 40.0. The molecule has 4 aliphatic carbocycles. The number of aromatic nitrogens is 1. The Bertz CT molecular complexity index is 483. The first-order valence-electron chi connectivity index (χ1n) is 7.60. The molecule has 1 heterocycles. The lowest BCUT2D eigenvalue weighted by Crippen LogP contribution is -2.51. The van der Waals surface area contributed by atoms with Crippen LogP contribution in [0.1, 0.15) is 49.7 Å². The number of rotatable bonds is 1. The average molecular weight is 261 g/mol. The molecule has 0 aromatic carbocycles. The summed E-state index contributed by atoms with van der Waals surface area (Å²) < 4.78 is 1.89. The van der Waals surface area contributed by atoms with Gasteiger partial charge in [0.15, 0.2) is 11.8 Å². The monoisotopic (exact) mass is 261 g/mol. The summed E-state index contributed by atoms with van der Waals surface area (Å²) in [6, 6.07) is 0. The first kappa shape index (κ1) is 11.7. The SMILES string of the molecule is Cc1c(C)c(O)n(C23CC4CC(CC(C4)C2)C3)c1O. The standard InChI is InChI=1S/C16H23NO2/c1-9-10(2)15(19)17(14(9)18)16-6-11-3-12(7-16)5-13(4-11)8-16/h11-13,18-19H,3-8H2,1-2H3. The van der Waals surface area contributed by atoms with Crippen LogP contribution in [0.5, 0.6) is 11.8 Å². The van der Waals surface area contributed by atoms with E-state index < -0.39 is 0 Å². The predicted octanol–water partition coefficient (Wildman–Crippen LogP) is 3.44. The lowest BCUT2D eigenvalue weighted by molar-refractivity contribution is -0.0486. The lowest BCUT2D eigenvalue weighted by atomic mass is 9.53. The van der Waals surface area contributed by atoms with Crippen LogP contribution >= 0.6 is 0 Å². The minimum Gasteiger partial charge on any atom is -0.494 e. The second kappa shape index (κ2) is 3.50. The maximum absolute atomic E-state index is 10.5. The molecular weight excluding hydrogens is 238 g/mol. The van der Waals surface area contributed by atoms with Crippen molar-refractivity contribution < 1.29 is 10.2 Å². The van der Waals surface area contributed by atoms with E-state index in [4.69, 9.17) is 0 Å². The van der Waals surface area contributed by atoms with Gasteiger partial charge in [-0.1, -0.05) is 0 Å². The second-order valence-corrected chi connectivity index (χ2v) is 7.37. The Morgan fingerprint density at radius 3 is 1.58 bits per heavy atom. The molecule has 1 aromatic rings. The van der Waals surface area contributed by atoms with Crippen LogP contribution < -0.4 is 0 Å². The van der Waals surface area contributed by atoms with Crippen molar-refractivity contribution >= 4 is 0 Å². The van der Waals surface area contributed by atoms with Crippen LogP contribution in [0.25, 0.3) is 0 Å². The largest absolute Gasteiger partial charge is 0.494 e. The predicted molar refractivity (Wildman–Crippen MR) is 73.4 cm³/mol. The van der Waals surface area contributed by atoms with Gasteiger partial charge in [-0.2, -0.15) is 0 Å². The molecule has 4 aliphatic rings. The molecule has 2 N–H and O–H groups in total. The maximum Gasteiger partial charge on any atom is 0.197 e. The molecule has 0 atom stereocenters. The fourth-order valence-electron chi connectivity index (χ4n) is 5.56. The zero-order valence-corrected chi connectivity index (χ0v) is 11.8. The van der Waals surface area contributed by atoms with E-state index in [1.54, 1.807) is 0 Å². The molecule has 4 bridgehead atoms. The summed E-state index contributed by atoms with van der Waals surface area (Å²) in [5.74, 6) is 3.04. The van der Waals surface area contributed by atoms with Crippen molar-refractivity contribution in [3.8, 4) is 11.8 Å². The molecule has 0 saturated heterocycles. The zero-order valence-electron chi connectivity index (χ0n) is 11.8. The molecule has 3 heteroatoms. The highest BCUT2D eigenvalue weighted by atomic mass is 16.3. The van der Waals surface area contributed by atoms with Gasteiger partial charge in [0.05, 0.1) is 5.54 Å². The van der Waals surface area contributed by atoms with Crippen LogP contribution in [-0.4, -0.2) is 14.8 Å². The molecule has 0 unspecified atom stereocenters. The van der Waals surface area contributed by atoms with Gasteiger partial charge in [-0.25, -0.2) is 0 Å². The fourth-order valence-corrected chi connectivity index (χ4v) is 5.56. The van der Waals surface area contributed by atoms with E-state index in [1.807, 2.05) is 18.4 Å². The number of aromatic hydroxyl groups is 2. The van der Waals surface area contributed by atoms with E-state index in [1.165, 1.54) is 19.3 Å². The van der Waals surface area contributed by atoms with Crippen molar-refractivity contribution in [1.82, 2.24) is 4.57 Å². The third-order valence-corrected chi connectivity index (χ3v) is 6.14. The molecule has 0 aliphatic heterocycles. The zero-order chi connectivity index (χ0) is 13.4.